The first kappa shape index (κ1) is 19.3. The summed E-state index contributed by atoms with van der Waals surface area (Å²) in [4.78, 5) is 20.1. The second-order valence-corrected chi connectivity index (χ2v) is 6.73. The average Bonchev–Trinajstić information content (AvgIpc) is 3.26. The maximum absolute atomic E-state index is 11.4. The number of nitrogens with zero attached hydrogens (tertiary/aromatic N) is 3. The Morgan fingerprint density at radius 2 is 2.13 bits per heavy atom. The van der Waals surface area contributed by atoms with Crippen LogP contribution < -0.4 is 14.4 Å². The quantitative estimate of drug-likeness (QED) is 0.467. The monoisotopic (exact) mass is 408 g/mol. The standard InChI is InChI=1S/C21H20N4O5/c1-13-21(26)20(15-11-14(25(27)28)7-8-17(15)30-13)24(12-19-22-9-10-23-19)16-5-3-4-6-18(16)29-2/h3-11,13,26H,12H2,1-2H3,(H,22,23). The number of anilines is 1. The Morgan fingerprint density at radius 3 is 2.83 bits per heavy atom. The van der Waals surface area contributed by atoms with E-state index in [1.165, 1.54) is 12.1 Å². The van der Waals surface area contributed by atoms with E-state index >= 15 is 0 Å². The van der Waals surface area contributed by atoms with Gasteiger partial charge in [0, 0.05) is 24.5 Å². The number of aliphatic hydroxyl groups is 1. The van der Waals surface area contributed by atoms with Gasteiger partial charge in [-0.15, -0.1) is 0 Å². The minimum atomic E-state index is -0.636. The third kappa shape index (κ3) is 3.41. The number of hydrogen-bond donors (Lipinski definition) is 2. The Kier molecular flexibility index (Phi) is 5.01. The molecule has 1 aliphatic rings. The van der Waals surface area contributed by atoms with Gasteiger partial charge in [0.05, 0.1) is 35.5 Å². The summed E-state index contributed by atoms with van der Waals surface area (Å²) < 4.78 is 11.3. The number of methoxy groups -OCH3 is 1. The van der Waals surface area contributed by atoms with Crippen molar-refractivity contribution in [3.8, 4) is 11.5 Å². The van der Waals surface area contributed by atoms with Gasteiger partial charge in [0.25, 0.3) is 5.69 Å². The molecule has 1 atom stereocenters. The van der Waals surface area contributed by atoms with E-state index in [1.54, 1.807) is 38.6 Å². The van der Waals surface area contributed by atoms with Gasteiger partial charge in [-0.05, 0) is 25.1 Å². The zero-order chi connectivity index (χ0) is 21.3. The molecule has 9 nitrogen and oxygen atoms in total. The molecule has 0 aliphatic carbocycles. The molecular formula is C21H20N4O5. The SMILES string of the molecule is COc1ccccc1N(Cc1ncc[nH]1)C1=C(O)C(C)Oc2ccc([N+](=O)[O-])cc21. The van der Waals surface area contributed by atoms with Gasteiger partial charge < -0.3 is 24.5 Å². The van der Waals surface area contributed by atoms with E-state index in [2.05, 4.69) is 9.97 Å². The number of aromatic amines is 1. The summed E-state index contributed by atoms with van der Waals surface area (Å²) in [6, 6.07) is 11.7. The van der Waals surface area contributed by atoms with Crippen molar-refractivity contribution in [2.75, 3.05) is 12.0 Å². The number of para-hydroxylation sites is 2. The van der Waals surface area contributed by atoms with Crippen LogP contribution in [0.2, 0.25) is 0 Å². The highest BCUT2D eigenvalue weighted by Crippen LogP contribution is 2.43. The highest BCUT2D eigenvalue weighted by Gasteiger charge is 2.33. The van der Waals surface area contributed by atoms with E-state index in [-0.39, 0.29) is 18.0 Å². The highest BCUT2D eigenvalue weighted by atomic mass is 16.6. The summed E-state index contributed by atoms with van der Waals surface area (Å²) in [6.45, 7) is 1.98. The third-order valence-electron chi connectivity index (χ3n) is 4.87. The van der Waals surface area contributed by atoms with Crippen molar-refractivity contribution < 1.29 is 19.5 Å². The number of nitro benzene ring substituents is 1. The molecule has 4 rings (SSSR count). The van der Waals surface area contributed by atoms with Crippen molar-refractivity contribution in [2.45, 2.75) is 19.6 Å². The van der Waals surface area contributed by atoms with E-state index in [0.717, 1.165) is 0 Å². The van der Waals surface area contributed by atoms with Crippen LogP contribution >= 0.6 is 0 Å². The van der Waals surface area contributed by atoms with Crippen molar-refractivity contribution in [2.24, 2.45) is 0 Å². The number of fused-ring (bicyclic) bond motifs is 1. The topological polar surface area (TPSA) is 114 Å². The molecule has 30 heavy (non-hydrogen) atoms. The molecule has 2 aromatic carbocycles. The summed E-state index contributed by atoms with van der Waals surface area (Å²) in [5, 5.41) is 22.4. The molecule has 0 amide bonds. The predicted octanol–water partition coefficient (Wildman–Crippen LogP) is 4.04. The minimum Gasteiger partial charge on any atom is -0.506 e. The molecule has 0 spiro atoms. The molecule has 0 bridgehead atoms. The highest BCUT2D eigenvalue weighted by molar-refractivity contribution is 5.87. The first-order valence-electron chi connectivity index (χ1n) is 9.27. The Balaban J connectivity index is 1.94. The summed E-state index contributed by atoms with van der Waals surface area (Å²) >= 11 is 0. The number of hydrogen-bond acceptors (Lipinski definition) is 7. The maximum atomic E-state index is 11.4. The summed E-state index contributed by atoms with van der Waals surface area (Å²) in [6.07, 6.45) is 2.70. The van der Waals surface area contributed by atoms with Crippen molar-refractivity contribution in [1.82, 2.24) is 9.97 Å². The maximum Gasteiger partial charge on any atom is 0.270 e. The molecule has 1 aromatic heterocycles. The smallest absolute Gasteiger partial charge is 0.270 e. The van der Waals surface area contributed by atoms with Crippen molar-refractivity contribution in [3.05, 3.63) is 82.1 Å². The third-order valence-corrected chi connectivity index (χ3v) is 4.87. The van der Waals surface area contributed by atoms with Crippen LogP contribution in [0.5, 0.6) is 11.5 Å². The van der Waals surface area contributed by atoms with Gasteiger partial charge in [-0.25, -0.2) is 4.98 Å². The number of nitro groups is 1. The summed E-state index contributed by atoms with van der Waals surface area (Å²) in [5.74, 6) is 1.63. The van der Waals surface area contributed by atoms with Gasteiger partial charge in [0.15, 0.2) is 11.9 Å². The first-order valence-corrected chi connectivity index (χ1v) is 9.27. The Labute approximate surface area is 172 Å². The molecule has 2 N–H and O–H groups in total. The number of rotatable bonds is 6. The number of H-pyrrole nitrogens is 1. The average molecular weight is 408 g/mol. The fourth-order valence-electron chi connectivity index (χ4n) is 3.45. The zero-order valence-corrected chi connectivity index (χ0v) is 16.4. The molecule has 9 heteroatoms. The van der Waals surface area contributed by atoms with Gasteiger partial charge in [-0.3, -0.25) is 10.1 Å². The lowest BCUT2D eigenvalue weighted by molar-refractivity contribution is -0.384. The van der Waals surface area contributed by atoms with Crippen LogP contribution in [0.25, 0.3) is 5.70 Å². The molecule has 0 fully saturated rings. The van der Waals surface area contributed by atoms with Crippen molar-refractivity contribution in [1.29, 1.82) is 0 Å². The molecule has 0 radical (unpaired) electrons. The van der Waals surface area contributed by atoms with E-state index in [9.17, 15) is 15.2 Å². The minimum absolute atomic E-state index is 0.0412. The molecule has 3 aromatic rings. The first-order chi connectivity index (χ1) is 14.5. The number of benzene rings is 2. The fourth-order valence-corrected chi connectivity index (χ4v) is 3.45. The van der Waals surface area contributed by atoms with Gasteiger partial charge >= 0.3 is 0 Å². The van der Waals surface area contributed by atoms with Gasteiger partial charge in [-0.2, -0.15) is 0 Å². The van der Waals surface area contributed by atoms with Gasteiger partial charge in [0.1, 0.15) is 17.3 Å². The van der Waals surface area contributed by atoms with E-state index in [1.807, 2.05) is 23.1 Å². The fraction of sp³-hybridized carbons (Fsp3) is 0.190. The number of aromatic nitrogens is 2. The van der Waals surface area contributed by atoms with Crippen LogP contribution in [0.1, 0.15) is 18.3 Å². The Morgan fingerprint density at radius 1 is 1.33 bits per heavy atom. The lowest BCUT2D eigenvalue weighted by Gasteiger charge is -2.34. The lowest BCUT2D eigenvalue weighted by atomic mass is 10.0. The van der Waals surface area contributed by atoms with Crippen LogP contribution in [-0.4, -0.2) is 33.2 Å². The predicted molar refractivity (Wildman–Crippen MR) is 110 cm³/mol. The lowest BCUT2D eigenvalue weighted by Crippen LogP contribution is -2.31. The zero-order valence-electron chi connectivity index (χ0n) is 16.4. The molecule has 0 saturated carbocycles. The largest absolute Gasteiger partial charge is 0.506 e. The number of nitrogens with one attached hydrogen (secondary N) is 1. The van der Waals surface area contributed by atoms with Crippen molar-refractivity contribution in [3.63, 3.8) is 0 Å². The molecular weight excluding hydrogens is 388 g/mol. The summed E-state index contributed by atoms with van der Waals surface area (Å²) in [7, 11) is 1.56. The summed E-state index contributed by atoms with van der Waals surface area (Å²) in [5.41, 5.74) is 1.38. The molecule has 2 heterocycles. The Bertz CT molecular complexity index is 1110. The van der Waals surface area contributed by atoms with Crippen LogP contribution in [0.3, 0.4) is 0 Å². The molecule has 1 unspecified atom stereocenters. The molecule has 0 saturated heterocycles. The van der Waals surface area contributed by atoms with Gasteiger partial charge in [0.2, 0.25) is 0 Å². The second kappa shape index (κ2) is 7.78. The number of non-ortho nitro benzene ring substituents is 1. The van der Waals surface area contributed by atoms with Gasteiger partial charge in [-0.1, -0.05) is 12.1 Å². The number of aliphatic hydroxyl groups excluding tert-OH is 1. The van der Waals surface area contributed by atoms with Crippen LogP contribution in [0.4, 0.5) is 11.4 Å². The second-order valence-electron chi connectivity index (χ2n) is 6.73. The van der Waals surface area contributed by atoms with E-state index < -0.39 is 11.0 Å². The van der Waals surface area contributed by atoms with Crippen LogP contribution in [-0.2, 0) is 6.54 Å². The van der Waals surface area contributed by atoms with Crippen LogP contribution in [0, 0.1) is 10.1 Å². The number of imidazole rings is 1. The van der Waals surface area contributed by atoms with E-state index in [0.29, 0.717) is 34.3 Å². The van der Waals surface area contributed by atoms with Crippen molar-refractivity contribution >= 4 is 17.1 Å². The van der Waals surface area contributed by atoms with E-state index in [4.69, 9.17) is 9.47 Å². The number of ether oxygens (including phenoxy) is 2. The Hall–Kier alpha value is -4.01. The molecule has 1 aliphatic heterocycles. The normalized spacial score (nSPS) is 15.3. The van der Waals surface area contributed by atoms with Crippen LogP contribution in [0.15, 0.2) is 60.6 Å². The molecule has 154 valence electrons.